The van der Waals surface area contributed by atoms with Crippen molar-refractivity contribution >= 4 is 0 Å². The van der Waals surface area contributed by atoms with Gasteiger partial charge in [-0.3, -0.25) is 0 Å². The van der Waals surface area contributed by atoms with E-state index in [1.807, 2.05) is 6.92 Å². The maximum absolute atomic E-state index is 11.6. The van der Waals surface area contributed by atoms with Crippen molar-refractivity contribution in [3.05, 3.63) is 0 Å². The Kier molecular flexibility index (Phi) is 5.24. The summed E-state index contributed by atoms with van der Waals surface area (Å²) in [6.07, 6.45) is -4.62. The number of nitrogens with one attached hydrogen (secondary N) is 1. The predicted octanol–water partition coefficient (Wildman–Crippen LogP) is 1.56. The molecule has 1 N–H and O–H groups in total. The van der Waals surface area contributed by atoms with Gasteiger partial charge in [-0.05, 0) is 13.5 Å². The van der Waals surface area contributed by atoms with Crippen LogP contribution in [0.2, 0.25) is 0 Å². The van der Waals surface area contributed by atoms with Gasteiger partial charge in [0.2, 0.25) is 0 Å². The summed E-state index contributed by atoms with van der Waals surface area (Å²) >= 11 is 0. The SMILES string of the molecule is CCNCC(C)OCC(F)(F)F. The maximum atomic E-state index is 11.6. The molecule has 0 radical (unpaired) electrons. The van der Waals surface area contributed by atoms with Gasteiger partial charge in [0.15, 0.2) is 0 Å². The lowest BCUT2D eigenvalue weighted by atomic mass is 10.4. The fourth-order valence-electron chi connectivity index (χ4n) is 0.643. The molecule has 12 heavy (non-hydrogen) atoms. The molecule has 74 valence electrons. The maximum Gasteiger partial charge on any atom is 0.411 e. The Bertz CT molecular complexity index is 116. The van der Waals surface area contributed by atoms with Crippen LogP contribution in [0, 0.1) is 0 Å². The van der Waals surface area contributed by atoms with Crippen LogP contribution in [0.4, 0.5) is 13.2 Å². The van der Waals surface area contributed by atoms with E-state index >= 15 is 0 Å². The summed E-state index contributed by atoms with van der Waals surface area (Å²) in [6, 6.07) is 0. The molecule has 0 bridgehead atoms. The van der Waals surface area contributed by atoms with E-state index in [0.717, 1.165) is 6.54 Å². The van der Waals surface area contributed by atoms with Gasteiger partial charge in [0.1, 0.15) is 6.61 Å². The van der Waals surface area contributed by atoms with Gasteiger partial charge in [-0.25, -0.2) is 0 Å². The van der Waals surface area contributed by atoms with Crippen molar-refractivity contribution in [3.8, 4) is 0 Å². The molecule has 0 rings (SSSR count). The molecule has 0 saturated heterocycles. The van der Waals surface area contributed by atoms with Crippen LogP contribution in [0.5, 0.6) is 0 Å². The zero-order chi connectivity index (χ0) is 9.61. The third kappa shape index (κ3) is 7.81. The first-order valence-corrected chi connectivity index (χ1v) is 3.84. The summed E-state index contributed by atoms with van der Waals surface area (Å²) in [5, 5.41) is 2.89. The lowest BCUT2D eigenvalue weighted by Crippen LogP contribution is -2.30. The van der Waals surface area contributed by atoms with E-state index in [9.17, 15) is 13.2 Å². The van der Waals surface area contributed by atoms with Gasteiger partial charge in [-0.15, -0.1) is 0 Å². The molecule has 1 unspecified atom stereocenters. The van der Waals surface area contributed by atoms with Crippen molar-refractivity contribution in [2.24, 2.45) is 0 Å². The second kappa shape index (κ2) is 5.37. The van der Waals surface area contributed by atoms with Crippen LogP contribution in [0.15, 0.2) is 0 Å². The van der Waals surface area contributed by atoms with Gasteiger partial charge >= 0.3 is 6.18 Å². The summed E-state index contributed by atoms with van der Waals surface area (Å²) < 4.78 is 39.3. The molecule has 0 aliphatic carbocycles. The van der Waals surface area contributed by atoms with E-state index < -0.39 is 18.9 Å². The molecule has 1 atom stereocenters. The van der Waals surface area contributed by atoms with Crippen LogP contribution in [0.1, 0.15) is 13.8 Å². The number of ether oxygens (including phenoxy) is 1. The minimum Gasteiger partial charge on any atom is -0.368 e. The number of rotatable bonds is 5. The van der Waals surface area contributed by atoms with E-state index in [4.69, 9.17) is 0 Å². The van der Waals surface area contributed by atoms with Crippen molar-refractivity contribution < 1.29 is 17.9 Å². The molecule has 0 saturated carbocycles. The molecule has 0 spiro atoms. The van der Waals surface area contributed by atoms with Gasteiger partial charge in [0.25, 0.3) is 0 Å². The monoisotopic (exact) mass is 185 g/mol. The molecule has 0 aromatic carbocycles. The molecule has 0 aromatic rings. The normalized spacial score (nSPS) is 14.8. The Morgan fingerprint density at radius 3 is 2.42 bits per heavy atom. The second-order valence-electron chi connectivity index (χ2n) is 2.54. The van der Waals surface area contributed by atoms with E-state index in [1.54, 1.807) is 6.92 Å². The fourth-order valence-corrected chi connectivity index (χ4v) is 0.643. The van der Waals surface area contributed by atoms with Crippen LogP contribution in [0.25, 0.3) is 0 Å². The highest BCUT2D eigenvalue weighted by molar-refractivity contribution is 4.55. The van der Waals surface area contributed by atoms with Crippen molar-refractivity contribution in [2.75, 3.05) is 19.7 Å². The van der Waals surface area contributed by atoms with Gasteiger partial charge in [-0.2, -0.15) is 13.2 Å². The molecule has 2 nitrogen and oxygen atoms in total. The fraction of sp³-hybridized carbons (Fsp3) is 1.00. The Labute approximate surface area is 70.1 Å². The van der Waals surface area contributed by atoms with E-state index in [2.05, 4.69) is 10.1 Å². The highest BCUT2D eigenvalue weighted by Crippen LogP contribution is 2.15. The van der Waals surface area contributed by atoms with Crippen molar-refractivity contribution in [1.29, 1.82) is 0 Å². The second-order valence-corrected chi connectivity index (χ2v) is 2.54. The Morgan fingerprint density at radius 1 is 1.42 bits per heavy atom. The number of halogens is 3. The van der Waals surface area contributed by atoms with E-state index in [1.165, 1.54) is 0 Å². The van der Waals surface area contributed by atoms with Crippen molar-refractivity contribution in [1.82, 2.24) is 5.32 Å². The topological polar surface area (TPSA) is 21.3 Å². The van der Waals surface area contributed by atoms with E-state index in [0.29, 0.717) is 6.54 Å². The van der Waals surface area contributed by atoms with Crippen molar-refractivity contribution in [2.45, 2.75) is 26.1 Å². The Morgan fingerprint density at radius 2 is 2.00 bits per heavy atom. The van der Waals surface area contributed by atoms with Crippen LogP contribution < -0.4 is 5.32 Å². The Hall–Kier alpha value is -0.290. The number of alkyl halides is 3. The molecular formula is C7H14F3NO. The highest BCUT2D eigenvalue weighted by Gasteiger charge is 2.28. The van der Waals surface area contributed by atoms with Gasteiger partial charge in [0.05, 0.1) is 6.10 Å². The highest BCUT2D eigenvalue weighted by atomic mass is 19.4. The summed E-state index contributed by atoms with van der Waals surface area (Å²) in [5.74, 6) is 0. The first-order valence-electron chi connectivity index (χ1n) is 3.84. The number of hydrogen-bond acceptors (Lipinski definition) is 2. The van der Waals surface area contributed by atoms with Gasteiger partial charge < -0.3 is 10.1 Å². The quantitative estimate of drug-likeness (QED) is 0.701. The minimum absolute atomic E-state index is 0.397. The van der Waals surface area contributed by atoms with E-state index in [-0.39, 0.29) is 0 Å². The molecule has 0 aliphatic rings. The zero-order valence-corrected chi connectivity index (χ0v) is 7.24. The third-order valence-electron chi connectivity index (χ3n) is 1.21. The molecular weight excluding hydrogens is 171 g/mol. The molecule has 0 heterocycles. The third-order valence-corrected chi connectivity index (χ3v) is 1.21. The predicted molar refractivity (Wildman–Crippen MR) is 40.0 cm³/mol. The lowest BCUT2D eigenvalue weighted by molar-refractivity contribution is -0.183. The summed E-state index contributed by atoms with van der Waals surface area (Å²) in [5.41, 5.74) is 0. The van der Waals surface area contributed by atoms with Crippen LogP contribution >= 0.6 is 0 Å². The average Bonchev–Trinajstić information content (AvgIpc) is 1.95. The molecule has 0 aliphatic heterocycles. The molecule has 0 fully saturated rings. The smallest absolute Gasteiger partial charge is 0.368 e. The van der Waals surface area contributed by atoms with Crippen LogP contribution in [0.3, 0.4) is 0 Å². The minimum atomic E-state index is -4.22. The van der Waals surface area contributed by atoms with Crippen LogP contribution in [-0.4, -0.2) is 32.0 Å². The summed E-state index contributed by atoms with van der Waals surface area (Å²) in [6.45, 7) is 3.51. The van der Waals surface area contributed by atoms with Crippen LogP contribution in [-0.2, 0) is 4.74 Å². The largest absolute Gasteiger partial charge is 0.411 e. The number of hydrogen-bond donors (Lipinski definition) is 1. The lowest BCUT2D eigenvalue weighted by Gasteiger charge is -2.14. The standard InChI is InChI=1S/C7H14F3NO/c1-3-11-4-6(2)12-5-7(8,9)10/h6,11H,3-5H2,1-2H3. The first kappa shape index (κ1) is 11.7. The Balaban J connectivity index is 3.37. The van der Waals surface area contributed by atoms with Gasteiger partial charge in [0, 0.05) is 6.54 Å². The number of likely N-dealkylation sites (N-methyl/N-ethyl adjacent to an activating group) is 1. The zero-order valence-electron chi connectivity index (χ0n) is 7.24. The molecule has 5 heteroatoms. The average molecular weight is 185 g/mol. The first-order chi connectivity index (χ1) is 5.45. The molecule has 0 aromatic heterocycles. The summed E-state index contributed by atoms with van der Waals surface area (Å²) in [4.78, 5) is 0. The van der Waals surface area contributed by atoms with Gasteiger partial charge in [-0.1, -0.05) is 6.92 Å². The summed E-state index contributed by atoms with van der Waals surface area (Å²) in [7, 11) is 0. The van der Waals surface area contributed by atoms with Crippen molar-refractivity contribution in [3.63, 3.8) is 0 Å². The molecule has 0 amide bonds.